The molecule has 1 aliphatic heterocycles. The Morgan fingerprint density at radius 3 is 1.58 bits per heavy atom. The van der Waals surface area contributed by atoms with Gasteiger partial charge in [0.25, 0.3) is 0 Å². The van der Waals surface area contributed by atoms with Gasteiger partial charge in [-0.2, -0.15) is 11.8 Å². The Morgan fingerprint density at radius 2 is 1.12 bits per heavy atom. The normalized spacial score (nSPS) is 18.8. The van der Waals surface area contributed by atoms with Crippen LogP contribution >= 0.6 is 11.8 Å². The van der Waals surface area contributed by atoms with Crippen LogP contribution in [0.25, 0.3) is 0 Å². The minimum Gasteiger partial charge on any atom is -0.469 e. The fourth-order valence-electron chi connectivity index (χ4n) is 3.77. The van der Waals surface area contributed by atoms with Gasteiger partial charge in [-0.05, 0) is 19.3 Å². The minimum absolute atomic E-state index is 0.0620. The lowest BCUT2D eigenvalue weighted by Crippen LogP contribution is -1.99. The molecule has 1 fully saturated rings. The summed E-state index contributed by atoms with van der Waals surface area (Å²) >= 11 is 2.26. The standard InChI is InChI=1S/C23H44O2S/c1-3-4-5-6-12-15-18-21-22(26-21)19-16-13-10-8-7-9-11-14-17-20-23(24)25-2/h21-22H,3-20H2,1-2H3. The molecule has 0 spiro atoms. The number of carbonyl (C=O) groups is 1. The first kappa shape index (κ1) is 23.9. The fourth-order valence-corrected chi connectivity index (χ4v) is 5.00. The van der Waals surface area contributed by atoms with Gasteiger partial charge in [-0.15, -0.1) is 0 Å². The molecule has 1 heterocycles. The van der Waals surface area contributed by atoms with Gasteiger partial charge in [0, 0.05) is 16.9 Å². The number of thioether (sulfide) groups is 1. The Labute approximate surface area is 167 Å². The van der Waals surface area contributed by atoms with Crippen molar-refractivity contribution in [3.63, 3.8) is 0 Å². The summed E-state index contributed by atoms with van der Waals surface area (Å²) in [5, 5.41) is 2.03. The lowest BCUT2D eigenvalue weighted by Gasteiger charge is -2.03. The number of hydrogen-bond donors (Lipinski definition) is 0. The van der Waals surface area contributed by atoms with Crippen LogP contribution in [0, 0.1) is 0 Å². The molecule has 1 rings (SSSR count). The highest BCUT2D eigenvalue weighted by Gasteiger charge is 2.36. The van der Waals surface area contributed by atoms with Gasteiger partial charge in [-0.1, -0.05) is 96.8 Å². The maximum absolute atomic E-state index is 11.0. The molecule has 0 amide bonds. The zero-order valence-corrected chi connectivity index (χ0v) is 18.4. The number of unbranched alkanes of at least 4 members (excludes halogenated alkanes) is 13. The van der Waals surface area contributed by atoms with Gasteiger partial charge in [0.2, 0.25) is 0 Å². The van der Waals surface area contributed by atoms with Crippen LogP contribution in [0.5, 0.6) is 0 Å². The Morgan fingerprint density at radius 1 is 0.692 bits per heavy atom. The molecule has 0 N–H and O–H groups in total. The molecule has 2 nitrogen and oxygen atoms in total. The van der Waals surface area contributed by atoms with Crippen LogP contribution in [0.1, 0.15) is 122 Å². The fraction of sp³-hybridized carbons (Fsp3) is 0.957. The second kappa shape index (κ2) is 17.0. The van der Waals surface area contributed by atoms with Crippen LogP contribution in [-0.2, 0) is 9.53 Å². The Bertz CT molecular complexity index is 332. The van der Waals surface area contributed by atoms with Crippen LogP contribution in [0.3, 0.4) is 0 Å². The van der Waals surface area contributed by atoms with E-state index >= 15 is 0 Å². The van der Waals surface area contributed by atoms with E-state index in [0.717, 1.165) is 16.9 Å². The summed E-state index contributed by atoms with van der Waals surface area (Å²) in [5.41, 5.74) is 0. The van der Waals surface area contributed by atoms with Crippen LogP contribution < -0.4 is 0 Å². The third-order valence-electron chi connectivity index (χ3n) is 5.63. The highest BCUT2D eigenvalue weighted by molar-refractivity contribution is 8.07. The van der Waals surface area contributed by atoms with Gasteiger partial charge >= 0.3 is 5.97 Å². The maximum Gasteiger partial charge on any atom is 0.305 e. The number of methoxy groups -OCH3 is 1. The third-order valence-corrected chi connectivity index (χ3v) is 7.14. The predicted octanol–water partition coefficient (Wildman–Crippen LogP) is 7.69. The SMILES string of the molecule is CCCCCCCCC1SC1CCCCCCCCCCCC(=O)OC. The molecular formula is C23H44O2S. The van der Waals surface area contributed by atoms with Crippen molar-refractivity contribution in [2.45, 2.75) is 133 Å². The monoisotopic (exact) mass is 384 g/mol. The van der Waals surface area contributed by atoms with Gasteiger partial charge in [0.15, 0.2) is 0 Å². The summed E-state index contributed by atoms with van der Waals surface area (Å²) in [4.78, 5) is 11.0. The molecule has 3 heteroatoms. The molecule has 0 saturated carbocycles. The van der Waals surface area contributed by atoms with E-state index in [1.807, 2.05) is 0 Å². The van der Waals surface area contributed by atoms with E-state index in [9.17, 15) is 4.79 Å². The Kier molecular flexibility index (Phi) is 15.6. The molecule has 2 unspecified atom stereocenters. The molecule has 1 saturated heterocycles. The zero-order valence-electron chi connectivity index (χ0n) is 17.6. The van der Waals surface area contributed by atoms with E-state index in [1.54, 1.807) is 0 Å². The first-order chi connectivity index (χ1) is 12.8. The van der Waals surface area contributed by atoms with Crippen LogP contribution in [-0.4, -0.2) is 23.6 Å². The lowest BCUT2D eigenvalue weighted by atomic mass is 10.0. The molecule has 0 radical (unpaired) electrons. The van der Waals surface area contributed by atoms with Crippen molar-refractivity contribution < 1.29 is 9.53 Å². The van der Waals surface area contributed by atoms with Gasteiger partial charge in [-0.3, -0.25) is 4.79 Å². The van der Waals surface area contributed by atoms with E-state index in [-0.39, 0.29) is 5.97 Å². The summed E-state index contributed by atoms with van der Waals surface area (Å²) < 4.78 is 4.66. The molecule has 1 aliphatic rings. The first-order valence-electron chi connectivity index (χ1n) is 11.5. The zero-order chi connectivity index (χ0) is 18.9. The van der Waals surface area contributed by atoms with E-state index in [1.165, 1.54) is 110 Å². The van der Waals surface area contributed by atoms with Crippen molar-refractivity contribution in [2.75, 3.05) is 7.11 Å². The van der Waals surface area contributed by atoms with Crippen molar-refractivity contribution in [3.8, 4) is 0 Å². The third kappa shape index (κ3) is 13.9. The minimum atomic E-state index is -0.0620. The van der Waals surface area contributed by atoms with Crippen molar-refractivity contribution in [3.05, 3.63) is 0 Å². The molecule has 0 aromatic heterocycles. The highest BCUT2D eigenvalue weighted by atomic mass is 32.2. The summed E-state index contributed by atoms with van der Waals surface area (Å²) in [6, 6.07) is 0. The summed E-state index contributed by atoms with van der Waals surface area (Å²) in [7, 11) is 1.47. The van der Waals surface area contributed by atoms with Crippen molar-refractivity contribution in [1.29, 1.82) is 0 Å². The number of esters is 1. The molecule has 0 aromatic carbocycles. The van der Waals surface area contributed by atoms with E-state index in [2.05, 4.69) is 23.4 Å². The van der Waals surface area contributed by atoms with Crippen molar-refractivity contribution in [2.24, 2.45) is 0 Å². The van der Waals surface area contributed by atoms with Gasteiger partial charge in [0.05, 0.1) is 7.11 Å². The van der Waals surface area contributed by atoms with Gasteiger partial charge in [0.1, 0.15) is 0 Å². The molecule has 0 aliphatic carbocycles. The number of ether oxygens (including phenoxy) is 1. The first-order valence-corrected chi connectivity index (χ1v) is 12.4. The number of hydrogen-bond acceptors (Lipinski definition) is 3. The Hall–Kier alpha value is -0.180. The summed E-state index contributed by atoms with van der Waals surface area (Å²) in [6.07, 6.45) is 24.0. The maximum atomic E-state index is 11.0. The molecule has 154 valence electrons. The van der Waals surface area contributed by atoms with Crippen LogP contribution in [0.15, 0.2) is 0 Å². The average molecular weight is 385 g/mol. The lowest BCUT2D eigenvalue weighted by molar-refractivity contribution is -0.140. The molecule has 26 heavy (non-hydrogen) atoms. The molecular weight excluding hydrogens is 340 g/mol. The Balaban J connectivity index is 1.72. The van der Waals surface area contributed by atoms with Gasteiger partial charge < -0.3 is 4.74 Å². The second-order valence-electron chi connectivity index (χ2n) is 8.07. The van der Waals surface area contributed by atoms with Crippen molar-refractivity contribution >= 4 is 17.7 Å². The highest BCUT2D eigenvalue weighted by Crippen LogP contribution is 2.47. The average Bonchev–Trinajstić information content (AvgIpc) is 3.40. The quantitative estimate of drug-likeness (QED) is 0.130. The van der Waals surface area contributed by atoms with E-state index in [4.69, 9.17) is 0 Å². The number of carbonyl (C=O) groups excluding carboxylic acids is 1. The molecule has 0 bridgehead atoms. The van der Waals surface area contributed by atoms with E-state index in [0.29, 0.717) is 6.42 Å². The topological polar surface area (TPSA) is 26.3 Å². The molecule has 2 atom stereocenters. The van der Waals surface area contributed by atoms with Crippen LogP contribution in [0.2, 0.25) is 0 Å². The number of rotatable bonds is 19. The van der Waals surface area contributed by atoms with Crippen LogP contribution in [0.4, 0.5) is 0 Å². The predicted molar refractivity (Wildman–Crippen MR) is 116 cm³/mol. The molecule has 0 aromatic rings. The van der Waals surface area contributed by atoms with E-state index < -0.39 is 0 Å². The smallest absolute Gasteiger partial charge is 0.305 e. The largest absolute Gasteiger partial charge is 0.469 e. The second-order valence-corrected chi connectivity index (χ2v) is 9.55. The summed E-state index contributed by atoms with van der Waals surface area (Å²) in [5.74, 6) is -0.0620. The van der Waals surface area contributed by atoms with Crippen molar-refractivity contribution in [1.82, 2.24) is 0 Å². The van der Waals surface area contributed by atoms with Gasteiger partial charge in [-0.25, -0.2) is 0 Å². The summed E-state index contributed by atoms with van der Waals surface area (Å²) in [6.45, 7) is 2.29.